The highest BCUT2D eigenvalue weighted by atomic mass is 16.2. The van der Waals surface area contributed by atoms with Crippen LogP contribution in [0.5, 0.6) is 0 Å². The van der Waals surface area contributed by atoms with Crippen LogP contribution in [0.15, 0.2) is 0 Å². The van der Waals surface area contributed by atoms with Crippen LogP contribution in [0.1, 0.15) is 33.6 Å². The summed E-state index contributed by atoms with van der Waals surface area (Å²) in [6.45, 7) is 8.33. The molecular formula is C12H20N2O. The van der Waals surface area contributed by atoms with E-state index in [0.29, 0.717) is 17.8 Å². The Hall–Kier alpha value is -1.04. The van der Waals surface area contributed by atoms with Gasteiger partial charge >= 0.3 is 0 Å². The maximum Gasteiger partial charge on any atom is 0.236 e. The van der Waals surface area contributed by atoms with E-state index in [1.54, 1.807) is 0 Å². The van der Waals surface area contributed by atoms with Crippen molar-refractivity contribution in [3.63, 3.8) is 0 Å². The molecule has 1 aliphatic rings. The van der Waals surface area contributed by atoms with Crippen LogP contribution >= 0.6 is 0 Å². The van der Waals surface area contributed by atoms with Crippen molar-refractivity contribution < 1.29 is 4.79 Å². The van der Waals surface area contributed by atoms with Crippen LogP contribution < -0.4 is 0 Å². The topological polar surface area (TPSA) is 44.1 Å². The fraction of sp³-hybridized carbons (Fsp3) is 0.833. The van der Waals surface area contributed by atoms with Crippen molar-refractivity contribution in [3.8, 4) is 6.07 Å². The fourth-order valence-electron chi connectivity index (χ4n) is 2.37. The van der Waals surface area contributed by atoms with Gasteiger partial charge in [0.1, 0.15) is 6.42 Å². The molecule has 0 aliphatic carbocycles. The lowest BCUT2D eigenvalue weighted by Crippen LogP contribution is -2.44. The molecule has 0 N–H and O–H groups in total. The van der Waals surface area contributed by atoms with Crippen LogP contribution in [0.4, 0.5) is 0 Å². The van der Waals surface area contributed by atoms with Gasteiger partial charge in [-0.15, -0.1) is 0 Å². The molecule has 2 unspecified atom stereocenters. The quantitative estimate of drug-likeness (QED) is 0.697. The Morgan fingerprint density at radius 3 is 2.80 bits per heavy atom. The van der Waals surface area contributed by atoms with Crippen LogP contribution in [-0.2, 0) is 4.79 Å². The first-order chi connectivity index (χ1) is 7.06. The fourth-order valence-corrected chi connectivity index (χ4v) is 2.37. The summed E-state index contributed by atoms with van der Waals surface area (Å²) in [6.07, 6.45) is 1.10. The predicted octanol–water partition coefficient (Wildman–Crippen LogP) is 2.04. The third-order valence-corrected chi connectivity index (χ3v) is 3.46. The van der Waals surface area contributed by atoms with Gasteiger partial charge in [-0.2, -0.15) is 5.26 Å². The summed E-state index contributed by atoms with van der Waals surface area (Å²) in [7, 11) is 0. The molecule has 0 bridgehead atoms. The van der Waals surface area contributed by atoms with Crippen molar-refractivity contribution in [1.29, 1.82) is 5.26 Å². The molecule has 15 heavy (non-hydrogen) atoms. The average Bonchev–Trinajstić information content (AvgIpc) is 2.18. The molecule has 1 rings (SSSR count). The van der Waals surface area contributed by atoms with E-state index in [0.717, 1.165) is 19.5 Å². The van der Waals surface area contributed by atoms with Crippen molar-refractivity contribution >= 4 is 5.91 Å². The second kappa shape index (κ2) is 5.16. The van der Waals surface area contributed by atoms with E-state index in [4.69, 9.17) is 5.26 Å². The van der Waals surface area contributed by atoms with Crippen LogP contribution in [0.25, 0.3) is 0 Å². The van der Waals surface area contributed by atoms with Gasteiger partial charge in [-0.1, -0.05) is 20.8 Å². The Labute approximate surface area is 92.1 Å². The van der Waals surface area contributed by atoms with Crippen molar-refractivity contribution in [1.82, 2.24) is 4.90 Å². The lowest BCUT2D eigenvalue weighted by Gasteiger charge is -2.39. The van der Waals surface area contributed by atoms with E-state index in [9.17, 15) is 4.79 Å². The molecule has 1 saturated heterocycles. The highest BCUT2D eigenvalue weighted by molar-refractivity contribution is 5.78. The molecule has 1 fully saturated rings. The van der Waals surface area contributed by atoms with Crippen LogP contribution in [0, 0.1) is 29.1 Å². The summed E-state index contributed by atoms with van der Waals surface area (Å²) in [5.41, 5.74) is 0. The standard InChI is InChI=1S/C12H20N2O/c1-9(2)11-8-14(7-5-10(11)3)12(15)4-6-13/h9-11H,4-5,7-8H2,1-3H3. The van der Waals surface area contributed by atoms with Gasteiger partial charge in [-0.05, 0) is 24.2 Å². The Morgan fingerprint density at radius 2 is 2.27 bits per heavy atom. The van der Waals surface area contributed by atoms with Gasteiger partial charge in [-0.3, -0.25) is 4.79 Å². The lowest BCUT2D eigenvalue weighted by molar-refractivity contribution is -0.133. The molecule has 0 spiro atoms. The molecule has 2 atom stereocenters. The molecule has 1 amide bonds. The van der Waals surface area contributed by atoms with Crippen molar-refractivity contribution in [3.05, 3.63) is 0 Å². The number of hydrogen-bond donors (Lipinski definition) is 0. The largest absolute Gasteiger partial charge is 0.342 e. The molecule has 0 aromatic rings. The van der Waals surface area contributed by atoms with E-state index < -0.39 is 0 Å². The van der Waals surface area contributed by atoms with Gasteiger partial charge in [0, 0.05) is 13.1 Å². The van der Waals surface area contributed by atoms with Gasteiger partial charge in [-0.25, -0.2) is 0 Å². The van der Waals surface area contributed by atoms with E-state index in [-0.39, 0.29) is 12.3 Å². The molecule has 3 heteroatoms. The van der Waals surface area contributed by atoms with E-state index in [1.165, 1.54) is 0 Å². The second-order valence-corrected chi connectivity index (χ2v) is 4.85. The number of nitriles is 1. The second-order valence-electron chi connectivity index (χ2n) is 4.85. The zero-order valence-electron chi connectivity index (χ0n) is 9.86. The Morgan fingerprint density at radius 1 is 1.60 bits per heavy atom. The van der Waals surface area contributed by atoms with E-state index in [2.05, 4.69) is 20.8 Å². The monoisotopic (exact) mass is 208 g/mol. The predicted molar refractivity (Wildman–Crippen MR) is 58.9 cm³/mol. The first kappa shape index (κ1) is 12.0. The number of likely N-dealkylation sites (tertiary alicyclic amines) is 1. The van der Waals surface area contributed by atoms with E-state index in [1.807, 2.05) is 11.0 Å². The molecule has 0 aromatic carbocycles. The number of nitrogens with zero attached hydrogens (tertiary/aromatic N) is 2. The van der Waals surface area contributed by atoms with Crippen molar-refractivity contribution in [2.45, 2.75) is 33.6 Å². The molecule has 0 saturated carbocycles. The third-order valence-electron chi connectivity index (χ3n) is 3.46. The molecule has 84 valence electrons. The zero-order chi connectivity index (χ0) is 11.4. The smallest absolute Gasteiger partial charge is 0.236 e. The maximum atomic E-state index is 11.6. The van der Waals surface area contributed by atoms with Crippen LogP contribution in [0.3, 0.4) is 0 Å². The number of carbonyl (C=O) groups excluding carboxylic acids is 1. The summed E-state index contributed by atoms with van der Waals surface area (Å²) in [4.78, 5) is 13.4. The number of hydrogen-bond acceptors (Lipinski definition) is 2. The van der Waals surface area contributed by atoms with Crippen LogP contribution in [0.2, 0.25) is 0 Å². The molecular weight excluding hydrogens is 188 g/mol. The molecule has 1 heterocycles. The summed E-state index contributed by atoms with van der Waals surface area (Å²) in [6, 6.07) is 1.93. The Bertz CT molecular complexity index is 267. The molecule has 0 radical (unpaired) electrons. The first-order valence-electron chi connectivity index (χ1n) is 5.71. The minimum absolute atomic E-state index is 0.00458. The number of rotatable bonds is 2. The summed E-state index contributed by atoms with van der Waals surface area (Å²) >= 11 is 0. The minimum atomic E-state index is -0.00458. The minimum Gasteiger partial charge on any atom is -0.342 e. The molecule has 0 aromatic heterocycles. The van der Waals surface area contributed by atoms with Gasteiger partial charge in [0.2, 0.25) is 5.91 Å². The highest BCUT2D eigenvalue weighted by Gasteiger charge is 2.30. The van der Waals surface area contributed by atoms with Crippen molar-refractivity contribution in [2.75, 3.05) is 13.1 Å². The number of amides is 1. The molecule has 3 nitrogen and oxygen atoms in total. The van der Waals surface area contributed by atoms with Gasteiger partial charge in [0.15, 0.2) is 0 Å². The SMILES string of the molecule is CC(C)C1CN(C(=O)CC#N)CCC1C. The van der Waals surface area contributed by atoms with Gasteiger partial charge in [0.05, 0.1) is 6.07 Å². The van der Waals surface area contributed by atoms with Gasteiger partial charge in [0.25, 0.3) is 0 Å². The normalized spacial score (nSPS) is 26.5. The first-order valence-corrected chi connectivity index (χ1v) is 5.71. The van der Waals surface area contributed by atoms with Crippen molar-refractivity contribution in [2.24, 2.45) is 17.8 Å². The van der Waals surface area contributed by atoms with Gasteiger partial charge < -0.3 is 4.90 Å². The summed E-state index contributed by atoms with van der Waals surface area (Å²) in [5.74, 6) is 1.88. The lowest BCUT2D eigenvalue weighted by atomic mass is 9.79. The maximum absolute atomic E-state index is 11.6. The molecule has 1 aliphatic heterocycles. The number of piperidine rings is 1. The van der Waals surface area contributed by atoms with E-state index >= 15 is 0 Å². The summed E-state index contributed by atoms with van der Waals surface area (Å²) < 4.78 is 0. The Balaban J connectivity index is 2.58. The zero-order valence-corrected chi connectivity index (χ0v) is 9.86. The van der Waals surface area contributed by atoms with Crippen LogP contribution in [-0.4, -0.2) is 23.9 Å². The Kier molecular flexibility index (Phi) is 4.14. The average molecular weight is 208 g/mol. The number of carbonyl (C=O) groups is 1. The highest BCUT2D eigenvalue weighted by Crippen LogP contribution is 2.29. The summed E-state index contributed by atoms with van der Waals surface area (Å²) in [5, 5.41) is 8.50. The third kappa shape index (κ3) is 2.95.